The number of aryl methyl sites for hydroxylation is 1. The van der Waals surface area contributed by atoms with E-state index in [2.05, 4.69) is 20.6 Å². The summed E-state index contributed by atoms with van der Waals surface area (Å²) in [4.78, 5) is 41.4. The first-order valence-electron chi connectivity index (χ1n) is 13.3. The highest BCUT2D eigenvalue weighted by atomic mass is 32.1. The number of likely N-dealkylation sites (N-methyl/N-ethyl adjacent to an activating group) is 1. The molecule has 0 spiro atoms. The Bertz CT molecular complexity index is 1810. The van der Waals surface area contributed by atoms with Gasteiger partial charge in [-0.1, -0.05) is 19.3 Å². The van der Waals surface area contributed by atoms with Crippen LogP contribution in [-0.2, 0) is 11.3 Å². The number of thiophene rings is 1. The monoisotopic (exact) mass is 537 g/mol. The lowest BCUT2D eigenvalue weighted by Gasteiger charge is -2.24. The van der Waals surface area contributed by atoms with Crippen LogP contribution in [0.15, 0.2) is 42.7 Å². The Balaban J connectivity index is 1.51. The van der Waals surface area contributed by atoms with Crippen LogP contribution in [0.5, 0.6) is 0 Å². The van der Waals surface area contributed by atoms with Gasteiger partial charge in [-0.3, -0.25) is 14.8 Å². The normalized spacial score (nSPS) is 15.9. The molecule has 1 aliphatic heterocycles. The van der Waals surface area contributed by atoms with Crippen LogP contribution in [0.25, 0.3) is 43.8 Å². The van der Waals surface area contributed by atoms with Crippen molar-refractivity contribution >= 4 is 50.0 Å². The van der Waals surface area contributed by atoms with E-state index in [9.17, 15) is 14.7 Å². The molecule has 1 aliphatic carbocycles. The van der Waals surface area contributed by atoms with Crippen LogP contribution in [0.4, 0.5) is 5.69 Å². The highest BCUT2D eigenvalue weighted by Gasteiger charge is 2.34. The molecule has 0 unspecified atom stereocenters. The lowest BCUT2D eigenvalue weighted by atomic mass is 9.82. The standard InChI is InChI=1S/C30H27N5O3S/c1-16-26(32-13-12-31-16)21-11-8-18-20(33-21)10-9-19-27(18)34(2)24(36)15-35-22-14-23(30(37)38)39-29(22)25(28(19)35)17-6-4-3-5-7-17/h8-14,17H,3-7,15H2,1-2H3,(H,37,38). The Morgan fingerprint density at radius 1 is 1.08 bits per heavy atom. The molecule has 5 heterocycles. The van der Waals surface area contributed by atoms with Gasteiger partial charge in [0.2, 0.25) is 5.91 Å². The molecule has 1 amide bonds. The second-order valence-electron chi connectivity index (χ2n) is 10.5. The number of aromatic nitrogens is 4. The molecule has 8 nitrogen and oxygen atoms in total. The van der Waals surface area contributed by atoms with Gasteiger partial charge in [0.1, 0.15) is 17.1 Å². The molecule has 39 heavy (non-hydrogen) atoms. The number of rotatable bonds is 3. The van der Waals surface area contributed by atoms with E-state index in [0.29, 0.717) is 10.8 Å². The average Bonchev–Trinajstić information content (AvgIpc) is 3.47. The Morgan fingerprint density at radius 2 is 1.87 bits per heavy atom. The number of carbonyl (C=O) groups excluding carboxylic acids is 1. The average molecular weight is 538 g/mol. The maximum absolute atomic E-state index is 13.6. The second-order valence-corrected chi connectivity index (χ2v) is 11.5. The van der Waals surface area contributed by atoms with Crippen molar-refractivity contribution < 1.29 is 14.7 Å². The predicted octanol–water partition coefficient (Wildman–Crippen LogP) is 6.41. The smallest absolute Gasteiger partial charge is 0.345 e. The molecule has 0 saturated heterocycles. The molecule has 1 saturated carbocycles. The van der Waals surface area contributed by atoms with Gasteiger partial charge in [0.25, 0.3) is 0 Å². The van der Waals surface area contributed by atoms with Crippen molar-refractivity contribution in [3.8, 4) is 22.6 Å². The van der Waals surface area contributed by atoms with Gasteiger partial charge in [-0.25, -0.2) is 9.78 Å². The number of hydrogen-bond acceptors (Lipinski definition) is 6. The number of fused-ring (bicyclic) bond motifs is 7. The van der Waals surface area contributed by atoms with E-state index in [-0.39, 0.29) is 12.5 Å². The third-order valence-corrected chi connectivity index (χ3v) is 9.37. The van der Waals surface area contributed by atoms with E-state index in [1.165, 1.54) is 23.3 Å². The number of amides is 1. The molecule has 2 aliphatic rings. The zero-order valence-corrected chi connectivity index (χ0v) is 22.6. The Kier molecular flexibility index (Phi) is 5.52. The Morgan fingerprint density at radius 3 is 2.64 bits per heavy atom. The van der Waals surface area contributed by atoms with Crippen molar-refractivity contribution in [1.82, 2.24) is 19.5 Å². The summed E-state index contributed by atoms with van der Waals surface area (Å²) in [5.74, 6) is -0.643. The molecule has 0 radical (unpaired) electrons. The predicted molar refractivity (Wildman–Crippen MR) is 153 cm³/mol. The fourth-order valence-electron chi connectivity index (χ4n) is 6.38. The number of pyridine rings is 1. The van der Waals surface area contributed by atoms with Gasteiger partial charge >= 0.3 is 5.97 Å². The zero-order chi connectivity index (χ0) is 26.8. The number of hydrogen-bond donors (Lipinski definition) is 1. The van der Waals surface area contributed by atoms with Crippen LogP contribution in [0.1, 0.15) is 59.0 Å². The lowest BCUT2D eigenvalue weighted by Crippen LogP contribution is -2.28. The van der Waals surface area contributed by atoms with Crippen molar-refractivity contribution in [1.29, 1.82) is 0 Å². The molecule has 0 bridgehead atoms. The minimum Gasteiger partial charge on any atom is -0.477 e. The van der Waals surface area contributed by atoms with E-state index in [1.54, 1.807) is 23.4 Å². The van der Waals surface area contributed by atoms with Crippen molar-refractivity contribution in [2.75, 3.05) is 11.9 Å². The molecular weight excluding hydrogens is 510 g/mol. The summed E-state index contributed by atoms with van der Waals surface area (Å²) in [7, 11) is 1.82. The van der Waals surface area contributed by atoms with E-state index in [0.717, 1.165) is 80.8 Å². The van der Waals surface area contributed by atoms with Gasteiger partial charge in [0.15, 0.2) is 0 Å². The maximum Gasteiger partial charge on any atom is 0.345 e. The molecule has 7 rings (SSSR count). The summed E-state index contributed by atoms with van der Waals surface area (Å²) in [5, 5.41) is 10.7. The molecule has 1 fully saturated rings. The number of nitrogens with zero attached hydrogens (tertiary/aromatic N) is 5. The summed E-state index contributed by atoms with van der Waals surface area (Å²) in [6, 6.07) is 9.81. The van der Waals surface area contributed by atoms with Gasteiger partial charge in [-0.05, 0) is 61.6 Å². The highest BCUT2D eigenvalue weighted by Crippen LogP contribution is 2.50. The zero-order valence-electron chi connectivity index (χ0n) is 21.8. The van der Waals surface area contributed by atoms with Gasteiger partial charge < -0.3 is 14.6 Å². The summed E-state index contributed by atoms with van der Waals surface area (Å²) in [6.45, 7) is 2.07. The first-order valence-corrected chi connectivity index (χ1v) is 14.1. The second kappa shape index (κ2) is 8.98. The summed E-state index contributed by atoms with van der Waals surface area (Å²) in [6.07, 6.45) is 9.02. The largest absolute Gasteiger partial charge is 0.477 e. The molecule has 1 N–H and O–H groups in total. The minimum absolute atomic E-state index is 0.0495. The number of aromatic carboxylic acids is 1. The summed E-state index contributed by atoms with van der Waals surface area (Å²) < 4.78 is 3.06. The number of carbonyl (C=O) groups is 2. The van der Waals surface area contributed by atoms with E-state index >= 15 is 0 Å². The SMILES string of the molecule is Cc1nccnc1-c1ccc2c3c(ccc2n1)-c1c(C2CCCCC2)c2sc(C(=O)O)cc2n1CC(=O)N3C. The first-order chi connectivity index (χ1) is 18.9. The fourth-order valence-corrected chi connectivity index (χ4v) is 7.50. The molecular formula is C30H27N5O3S. The van der Waals surface area contributed by atoms with Crippen LogP contribution in [0.2, 0.25) is 0 Å². The van der Waals surface area contributed by atoms with Crippen LogP contribution in [-0.4, -0.2) is 43.5 Å². The maximum atomic E-state index is 13.6. The molecule has 1 aromatic carbocycles. The topological polar surface area (TPSA) is 101 Å². The van der Waals surface area contributed by atoms with Crippen LogP contribution >= 0.6 is 11.3 Å². The Labute approximate surface area is 229 Å². The third kappa shape index (κ3) is 3.67. The number of benzene rings is 1. The molecule has 0 atom stereocenters. The summed E-state index contributed by atoms with van der Waals surface area (Å²) in [5.41, 5.74) is 7.98. The van der Waals surface area contributed by atoms with E-state index in [4.69, 9.17) is 4.98 Å². The quantitative estimate of drug-likeness (QED) is 0.286. The van der Waals surface area contributed by atoms with Gasteiger partial charge in [-0.2, -0.15) is 0 Å². The highest BCUT2D eigenvalue weighted by molar-refractivity contribution is 7.21. The first kappa shape index (κ1) is 24.0. The van der Waals surface area contributed by atoms with Crippen molar-refractivity contribution in [3.63, 3.8) is 0 Å². The Hall–Kier alpha value is -4.11. The van der Waals surface area contributed by atoms with Crippen LogP contribution in [0.3, 0.4) is 0 Å². The molecule has 5 aromatic rings. The van der Waals surface area contributed by atoms with Crippen LogP contribution < -0.4 is 4.90 Å². The van der Waals surface area contributed by atoms with Gasteiger partial charge in [0.05, 0.1) is 38.5 Å². The summed E-state index contributed by atoms with van der Waals surface area (Å²) >= 11 is 1.34. The van der Waals surface area contributed by atoms with Crippen molar-refractivity contribution in [3.05, 3.63) is 58.9 Å². The van der Waals surface area contributed by atoms with Gasteiger partial charge in [0, 0.05) is 30.4 Å². The van der Waals surface area contributed by atoms with Crippen molar-refractivity contribution in [2.45, 2.75) is 51.5 Å². The fraction of sp³-hybridized carbons (Fsp3) is 0.300. The van der Waals surface area contributed by atoms with E-state index < -0.39 is 5.97 Å². The van der Waals surface area contributed by atoms with Crippen LogP contribution in [0, 0.1) is 6.92 Å². The minimum atomic E-state index is -0.927. The number of carboxylic acids is 1. The number of carboxylic acid groups (broad SMARTS) is 1. The number of anilines is 1. The lowest BCUT2D eigenvalue weighted by molar-refractivity contribution is -0.118. The third-order valence-electron chi connectivity index (χ3n) is 8.22. The molecule has 4 aromatic heterocycles. The molecule has 9 heteroatoms. The van der Waals surface area contributed by atoms with E-state index in [1.807, 2.05) is 32.2 Å². The molecule has 196 valence electrons. The van der Waals surface area contributed by atoms with Crippen molar-refractivity contribution in [2.24, 2.45) is 0 Å². The van der Waals surface area contributed by atoms with Gasteiger partial charge in [-0.15, -0.1) is 11.3 Å².